The minimum atomic E-state index is 0.533. The summed E-state index contributed by atoms with van der Waals surface area (Å²) in [5.74, 6) is 0.533. The first kappa shape index (κ1) is 11.4. The first-order valence-corrected chi connectivity index (χ1v) is 7.78. The molecule has 0 saturated heterocycles. The molecule has 1 heteroatoms. The Kier molecular flexibility index (Phi) is 2.11. The maximum absolute atomic E-state index is 2.49. The summed E-state index contributed by atoms with van der Waals surface area (Å²) in [5, 5.41) is 4.32. The van der Waals surface area contributed by atoms with Gasteiger partial charge in [0.1, 0.15) is 0 Å². The molecular formula is C20H17N. The fraction of sp³-hybridized carbons (Fsp3) is 0.200. The number of rotatable bonds is 0. The molecule has 102 valence electrons. The van der Waals surface area contributed by atoms with E-state index in [1.807, 2.05) is 0 Å². The van der Waals surface area contributed by atoms with E-state index in [2.05, 4.69) is 66.1 Å². The lowest BCUT2D eigenvalue weighted by Crippen LogP contribution is -2.37. The van der Waals surface area contributed by atoms with Gasteiger partial charge < -0.3 is 4.57 Å². The van der Waals surface area contributed by atoms with E-state index >= 15 is 0 Å². The zero-order chi connectivity index (χ0) is 14.0. The van der Waals surface area contributed by atoms with Crippen molar-refractivity contribution in [1.29, 1.82) is 0 Å². The van der Waals surface area contributed by atoms with Crippen molar-refractivity contribution in [2.75, 3.05) is 0 Å². The molecule has 0 bridgehead atoms. The van der Waals surface area contributed by atoms with Crippen LogP contribution in [0.15, 0.2) is 48.5 Å². The number of fused-ring (bicyclic) bond motifs is 5. The number of nitrogens with zero attached hydrogens (tertiary/aromatic N) is 1. The molecule has 1 aromatic heterocycles. The highest BCUT2D eigenvalue weighted by Crippen LogP contribution is 2.36. The third-order valence-corrected chi connectivity index (χ3v) is 5.15. The molecule has 2 heterocycles. The van der Waals surface area contributed by atoms with E-state index in [0.717, 1.165) is 0 Å². The van der Waals surface area contributed by atoms with E-state index in [9.17, 15) is 0 Å². The maximum Gasteiger partial charge on any atom is 0.0541 e. The first-order valence-electron chi connectivity index (χ1n) is 7.78. The highest BCUT2D eigenvalue weighted by molar-refractivity contribution is 5.87. The average Bonchev–Trinajstić information content (AvgIpc) is 2.88. The zero-order valence-electron chi connectivity index (χ0n) is 12.1. The third kappa shape index (κ3) is 1.31. The lowest BCUT2D eigenvalue weighted by Gasteiger charge is -2.27. The van der Waals surface area contributed by atoms with Crippen LogP contribution in [-0.4, -0.2) is 4.57 Å². The normalized spacial score (nSPS) is 19.1. The molecular weight excluding hydrogens is 254 g/mol. The fourth-order valence-corrected chi connectivity index (χ4v) is 4.20. The summed E-state index contributed by atoms with van der Waals surface area (Å²) in [6, 6.07) is 17.7. The topological polar surface area (TPSA) is 4.93 Å². The first-order chi connectivity index (χ1) is 10.4. The molecule has 0 N–H and O–H groups in total. The fourth-order valence-electron chi connectivity index (χ4n) is 4.20. The summed E-state index contributed by atoms with van der Waals surface area (Å²) in [6.45, 7) is 2.37. The molecule has 21 heavy (non-hydrogen) atoms. The van der Waals surface area contributed by atoms with E-state index < -0.39 is 0 Å². The highest BCUT2D eigenvalue weighted by atomic mass is 15.0. The van der Waals surface area contributed by atoms with Crippen LogP contribution in [0.25, 0.3) is 28.2 Å². The summed E-state index contributed by atoms with van der Waals surface area (Å²) < 4.78 is 2.49. The third-order valence-electron chi connectivity index (χ3n) is 5.15. The van der Waals surface area contributed by atoms with E-state index in [1.54, 1.807) is 5.57 Å². The molecule has 1 unspecified atom stereocenters. The van der Waals surface area contributed by atoms with E-state index in [1.165, 1.54) is 45.6 Å². The lowest BCUT2D eigenvalue weighted by molar-refractivity contribution is 0.829. The van der Waals surface area contributed by atoms with E-state index in [4.69, 9.17) is 0 Å². The summed E-state index contributed by atoms with van der Waals surface area (Å²) >= 11 is 0. The molecule has 2 aliphatic rings. The van der Waals surface area contributed by atoms with Gasteiger partial charge in [0.15, 0.2) is 0 Å². The van der Waals surface area contributed by atoms with Crippen molar-refractivity contribution in [2.24, 2.45) is 0 Å². The second-order valence-electron chi connectivity index (χ2n) is 6.16. The predicted octanol–water partition coefficient (Wildman–Crippen LogP) is 3.47. The minimum absolute atomic E-state index is 0.533. The predicted molar refractivity (Wildman–Crippen MR) is 88.0 cm³/mol. The maximum atomic E-state index is 2.49. The number of para-hydroxylation sites is 2. The number of hydrogen-bond donors (Lipinski definition) is 0. The second-order valence-corrected chi connectivity index (χ2v) is 6.16. The van der Waals surface area contributed by atoms with E-state index in [-0.39, 0.29) is 0 Å². The van der Waals surface area contributed by atoms with Crippen LogP contribution in [0.1, 0.15) is 31.2 Å². The van der Waals surface area contributed by atoms with Crippen LogP contribution < -0.4 is 10.6 Å². The van der Waals surface area contributed by atoms with Crippen LogP contribution in [0, 0.1) is 0 Å². The largest absolute Gasteiger partial charge is 0.309 e. The van der Waals surface area contributed by atoms with Gasteiger partial charge in [0.25, 0.3) is 0 Å². The van der Waals surface area contributed by atoms with Crippen LogP contribution in [0.3, 0.4) is 0 Å². The summed E-state index contributed by atoms with van der Waals surface area (Å²) in [7, 11) is 0. The Morgan fingerprint density at radius 3 is 2.76 bits per heavy atom. The van der Waals surface area contributed by atoms with Gasteiger partial charge >= 0.3 is 0 Å². The Bertz CT molecular complexity index is 1000. The van der Waals surface area contributed by atoms with Crippen molar-refractivity contribution in [3.05, 3.63) is 64.7 Å². The molecule has 5 rings (SSSR count). The molecule has 0 spiro atoms. The molecule has 0 fully saturated rings. The van der Waals surface area contributed by atoms with Gasteiger partial charge in [0.2, 0.25) is 0 Å². The molecule has 1 atom stereocenters. The Morgan fingerprint density at radius 2 is 1.81 bits per heavy atom. The van der Waals surface area contributed by atoms with Crippen molar-refractivity contribution in [3.63, 3.8) is 0 Å². The zero-order valence-corrected chi connectivity index (χ0v) is 12.1. The number of benzene rings is 2. The van der Waals surface area contributed by atoms with Gasteiger partial charge in [-0.25, -0.2) is 0 Å². The van der Waals surface area contributed by atoms with Gasteiger partial charge in [-0.3, -0.25) is 0 Å². The standard InChI is InChI=1S/C20H17N/c1-13-14-7-2-4-11-18(14)21-19-12-5-3-8-16(19)17-10-6-9-15(13)20(17)21/h2-5,7-8,10-13H,6,9H2,1H3. The van der Waals surface area contributed by atoms with Gasteiger partial charge in [-0.15, -0.1) is 0 Å². The van der Waals surface area contributed by atoms with Crippen molar-refractivity contribution in [1.82, 2.24) is 4.57 Å². The van der Waals surface area contributed by atoms with Crippen LogP contribution in [-0.2, 0) is 0 Å². The number of aromatic nitrogens is 1. The van der Waals surface area contributed by atoms with Crippen LogP contribution >= 0.6 is 0 Å². The van der Waals surface area contributed by atoms with Crippen molar-refractivity contribution in [2.45, 2.75) is 25.7 Å². The van der Waals surface area contributed by atoms with Crippen LogP contribution in [0.5, 0.6) is 0 Å². The molecule has 2 aromatic carbocycles. The Balaban J connectivity index is 2.13. The van der Waals surface area contributed by atoms with E-state index in [0.29, 0.717) is 5.92 Å². The van der Waals surface area contributed by atoms with Gasteiger partial charge in [-0.2, -0.15) is 0 Å². The SMILES string of the molecule is CC1C2=c3c(c4ccccc4n3-c3ccccc31)=CCC2. The highest BCUT2D eigenvalue weighted by Gasteiger charge is 2.26. The van der Waals surface area contributed by atoms with Crippen molar-refractivity contribution in [3.8, 4) is 5.69 Å². The summed E-state index contributed by atoms with van der Waals surface area (Å²) in [5.41, 5.74) is 5.79. The van der Waals surface area contributed by atoms with Gasteiger partial charge in [0.05, 0.1) is 10.9 Å². The van der Waals surface area contributed by atoms with Crippen molar-refractivity contribution >= 4 is 22.6 Å². The smallest absolute Gasteiger partial charge is 0.0541 e. The lowest BCUT2D eigenvalue weighted by atomic mass is 9.84. The van der Waals surface area contributed by atoms with Crippen LogP contribution in [0.4, 0.5) is 0 Å². The second kappa shape index (κ2) is 3.88. The van der Waals surface area contributed by atoms with Gasteiger partial charge in [-0.1, -0.05) is 49.4 Å². The molecule has 1 aliphatic heterocycles. The summed E-state index contributed by atoms with van der Waals surface area (Å²) in [6.07, 6.45) is 4.79. The Labute approximate surface area is 123 Å². The molecule has 3 aromatic rings. The van der Waals surface area contributed by atoms with Gasteiger partial charge in [0, 0.05) is 22.2 Å². The Morgan fingerprint density at radius 1 is 1.00 bits per heavy atom. The van der Waals surface area contributed by atoms with Crippen LogP contribution in [0.2, 0.25) is 0 Å². The molecule has 1 nitrogen and oxygen atoms in total. The molecule has 0 radical (unpaired) electrons. The monoisotopic (exact) mass is 271 g/mol. The Hall–Kier alpha value is -2.28. The minimum Gasteiger partial charge on any atom is -0.309 e. The molecule has 1 aliphatic carbocycles. The molecule has 0 saturated carbocycles. The van der Waals surface area contributed by atoms with Gasteiger partial charge in [-0.05, 0) is 36.1 Å². The molecule has 0 amide bonds. The summed E-state index contributed by atoms with van der Waals surface area (Å²) in [4.78, 5) is 0. The number of hydrogen-bond acceptors (Lipinski definition) is 0. The van der Waals surface area contributed by atoms with Crippen molar-refractivity contribution < 1.29 is 0 Å². The average molecular weight is 271 g/mol. The quantitative estimate of drug-likeness (QED) is 0.590.